The average molecular weight is 260 g/mol. The maximum Gasteiger partial charge on any atom is 0.0716 e. The number of benzene rings is 1. The van der Waals surface area contributed by atoms with E-state index in [0.29, 0.717) is 13.0 Å². The van der Waals surface area contributed by atoms with Gasteiger partial charge in [-0.25, -0.2) is 0 Å². The van der Waals surface area contributed by atoms with Crippen molar-refractivity contribution in [2.45, 2.75) is 39.7 Å². The van der Waals surface area contributed by atoms with Gasteiger partial charge in [-0.3, -0.25) is 0 Å². The van der Waals surface area contributed by atoms with Gasteiger partial charge >= 0.3 is 0 Å². The number of aliphatic hydroxyl groups excluding tert-OH is 1. The van der Waals surface area contributed by atoms with E-state index in [-0.39, 0.29) is 6.61 Å². The number of hydrogen-bond acceptors (Lipinski definition) is 2. The van der Waals surface area contributed by atoms with Crippen LogP contribution in [0.15, 0.2) is 24.3 Å². The summed E-state index contributed by atoms with van der Waals surface area (Å²) >= 11 is 0. The number of ether oxygens (including phenoxy) is 1. The van der Waals surface area contributed by atoms with Crippen LogP contribution in [-0.4, -0.2) is 18.3 Å². The Hall–Kier alpha value is -1.30. The Morgan fingerprint density at radius 2 is 1.95 bits per heavy atom. The standard InChI is InChI=1S/C17H24O2/c1-15(2)6-5-13-19-14-17-10-8-16(9-11-17)7-3-4-12-18/h8-11,15,18H,4-6,12-14H2,1-2H3. The molecule has 1 aromatic rings. The summed E-state index contributed by atoms with van der Waals surface area (Å²) in [6, 6.07) is 8.09. The molecule has 0 aromatic heterocycles. The Morgan fingerprint density at radius 3 is 2.58 bits per heavy atom. The van der Waals surface area contributed by atoms with Crippen LogP contribution in [0.2, 0.25) is 0 Å². The maximum atomic E-state index is 8.64. The van der Waals surface area contributed by atoms with E-state index in [2.05, 4.69) is 25.7 Å². The first-order valence-electron chi connectivity index (χ1n) is 6.99. The molecule has 0 aliphatic rings. The minimum absolute atomic E-state index is 0.120. The summed E-state index contributed by atoms with van der Waals surface area (Å²) in [6.07, 6.45) is 2.88. The molecule has 0 fully saturated rings. The molecule has 0 amide bonds. The van der Waals surface area contributed by atoms with Crippen LogP contribution in [0.3, 0.4) is 0 Å². The van der Waals surface area contributed by atoms with E-state index in [4.69, 9.17) is 9.84 Å². The minimum Gasteiger partial charge on any atom is -0.395 e. The SMILES string of the molecule is CC(C)CCCOCc1ccc(C#CCCO)cc1. The predicted molar refractivity (Wildman–Crippen MR) is 78.8 cm³/mol. The third kappa shape index (κ3) is 7.66. The normalized spacial score (nSPS) is 10.3. The molecule has 1 aromatic carbocycles. The lowest BCUT2D eigenvalue weighted by Gasteiger charge is -2.06. The molecule has 0 saturated carbocycles. The summed E-state index contributed by atoms with van der Waals surface area (Å²) in [4.78, 5) is 0. The molecule has 0 aliphatic heterocycles. The smallest absolute Gasteiger partial charge is 0.0716 e. The van der Waals surface area contributed by atoms with E-state index >= 15 is 0 Å². The fraction of sp³-hybridized carbons (Fsp3) is 0.529. The fourth-order valence-corrected chi connectivity index (χ4v) is 1.69. The molecule has 0 saturated heterocycles. The zero-order chi connectivity index (χ0) is 13.9. The van der Waals surface area contributed by atoms with Crippen LogP contribution in [0.5, 0.6) is 0 Å². The Kier molecular flexibility index (Phi) is 7.97. The topological polar surface area (TPSA) is 29.5 Å². The van der Waals surface area contributed by atoms with Gasteiger partial charge in [0.2, 0.25) is 0 Å². The molecule has 0 aliphatic carbocycles. The summed E-state index contributed by atoms with van der Waals surface area (Å²) < 4.78 is 5.64. The van der Waals surface area contributed by atoms with Gasteiger partial charge in [-0.15, -0.1) is 0 Å². The molecular formula is C17H24O2. The number of hydrogen-bond donors (Lipinski definition) is 1. The lowest BCUT2D eigenvalue weighted by molar-refractivity contribution is 0.115. The second-order valence-electron chi connectivity index (χ2n) is 5.06. The molecule has 104 valence electrons. The summed E-state index contributed by atoms with van der Waals surface area (Å²) in [5.74, 6) is 6.67. The quantitative estimate of drug-likeness (QED) is 0.601. The van der Waals surface area contributed by atoms with Crippen LogP contribution in [0.1, 0.15) is 44.2 Å². The van der Waals surface area contributed by atoms with Gasteiger partial charge in [0.15, 0.2) is 0 Å². The van der Waals surface area contributed by atoms with E-state index in [1.165, 1.54) is 12.0 Å². The summed E-state index contributed by atoms with van der Waals surface area (Å²) in [7, 11) is 0. The molecule has 0 radical (unpaired) electrons. The van der Waals surface area contributed by atoms with Crippen molar-refractivity contribution >= 4 is 0 Å². The molecule has 1 rings (SSSR count). The average Bonchev–Trinajstić information content (AvgIpc) is 2.40. The van der Waals surface area contributed by atoms with Crippen molar-refractivity contribution in [3.05, 3.63) is 35.4 Å². The molecule has 0 unspecified atom stereocenters. The highest BCUT2D eigenvalue weighted by atomic mass is 16.5. The molecule has 2 nitrogen and oxygen atoms in total. The largest absolute Gasteiger partial charge is 0.395 e. The van der Waals surface area contributed by atoms with Crippen LogP contribution in [0.25, 0.3) is 0 Å². The second kappa shape index (κ2) is 9.61. The lowest BCUT2D eigenvalue weighted by Crippen LogP contribution is -1.97. The highest BCUT2D eigenvalue weighted by molar-refractivity contribution is 5.35. The van der Waals surface area contributed by atoms with Crippen molar-refractivity contribution in [3.63, 3.8) is 0 Å². The van der Waals surface area contributed by atoms with Crippen molar-refractivity contribution in [1.29, 1.82) is 0 Å². The summed E-state index contributed by atoms with van der Waals surface area (Å²) in [6.45, 7) is 6.08. The fourth-order valence-electron chi connectivity index (χ4n) is 1.69. The van der Waals surface area contributed by atoms with Crippen LogP contribution in [0, 0.1) is 17.8 Å². The zero-order valence-corrected chi connectivity index (χ0v) is 12.0. The predicted octanol–water partition coefficient (Wildman–Crippen LogP) is 3.37. The molecule has 0 heterocycles. The molecular weight excluding hydrogens is 236 g/mol. The van der Waals surface area contributed by atoms with E-state index in [9.17, 15) is 0 Å². The van der Waals surface area contributed by atoms with Crippen LogP contribution >= 0.6 is 0 Å². The number of rotatable bonds is 7. The van der Waals surface area contributed by atoms with Crippen molar-refractivity contribution in [2.24, 2.45) is 5.92 Å². The third-order valence-corrected chi connectivity index (χ3v) is 2.76. The van der Waals surface area contributed by atoms with Gasteiger partial charge < -0.3 is 9.84 Å². The first kappa shape index (κ1) is 15.8. The van der Waals surface area contributed by atoms with Crippen LogP contribution in [0.4, 0.5) is 0 Å². The Balaban J connectivity index is 2.27. The van der Waals surface area contributed by atoms with Gasteiger partial charge in [0, 0.05) is 18.6 Å². The van der Waals surface area contributed by atoms with Gasteiger partial charge in [-0.1, -0.05) is 37.8 Å². The van der Waals surface area contributed by atoms with E-state index in [1.54, 1.807) is 0 Å². The maximum absolute atomic E-state index is 8.64. The van der Waals surface area contributed by atoms with Gasteiger partial charge in [-0.05, 0) is 36.5 Å². The number of aliphatic hydroxyl groups is 1. The van der Waals surface area contributed by atoms with Gasteiger partial charge in [0.05, 0.1) is 13.2 Å². The summed E-state index contributed by atoms with van der Waals surface area (Å²) in [5, 5.41) is 8.64. The molecule has 1 N–H and O–H groups in total. The van der Waals surface area contributed by atoms with Crippen molar-refractivity contribution in [3.8, 4) is 11.8 Å². The summed E-state index contributed by atoms with van der Waals surface area (Å²) in [5.41, 5.74) is 2.16. The Bertz CT molecular complexity index is 396. The Morgan fingerprint density at radius 1 is 1.21 bits per heavy atom. The monoisotopic (exact) mass is 260 g/mol. The molecule has 2 heteroatoms. The lowest BCUT2D eigenvalue weighted by atomic mass is 10.1. The van der Waals surface area contributed by atoms with Crippen molar-refractivity contribution in [1.82, 2.24) is 0 Å². The molecule has 0 atom stereocenters. The third-order valence-electron chi connectivity index (χ3n) is 2.76. The Labute approximate surface area is 116 Å². The highest BCUT2D eigenvalue weighted by Gasteiger charge is 1.96. The molecule has 0 bridgehead atoms. The molecule has 0 spiro atoms. The second-order valence-corrected chi connectivity index (χ2v) is 5.06. The van der Waals surface area contributed by atoms with E-state index in [1.807, 2.05) is 24.3 Å². The highest BCUT2D eigenvalue weighted by Crippen LogP contribution is 2.07. The van der Waals surface area contributed by atoms with Gasteiger partial charge in [-0.2, -0.15) is 0 Å². The van der Waals surface area contributed by atoms with Crippen LogP contribution < -0.4 is 0 Å². The minimum atomic E-state index is 0.120. The van der Waals surface area contributed by atoms with Crippen molar-refractivity contribution < 1.29 is 9.84 Å². The van der Waals surface area contributed by atoms with Gasteiger partial charge in [0.25, 0.3) is 0 Å². The van der Waals surface area contributed by atoms with E-state index < -0.39 is 0 Å². The van der Waals surface area contributed by atoms with E-state index in [0.717, 1.165) is 24.5 Å². The zero-order valence-electron chi connectivity index (χ0n) is 12.0. The first-order chi connectivity index (χ1) is 9.22. The van der Waals surface area contributed by atoms with Gasteiger partial charge in [0.1, 0.15) is 0 Å². The first-order valence-corrected chi connectivity index (χ1v) is 6.99. The molecule has 19 heavy (non-hydrogen) atoms. The van der Waals surface area contributed by atoms with Crippen molar-refractivity contribution in [2.75, 3.05) is 13.2 Å². The van der Waals surface area contributed by atoms with Crippen LogP contribution in [-0.2, 0) is 11.3 Å².